The molecule has 0 atom stereocenters. The van der Waals surface area contributed by atoms with E-state index in [-0.39, 0.29) is 121 Å². The van der Waals surface area contributed by atoms with Crippen LogP contribution in [0, 0.1) is 24.7 Å². The van der Waals surface area contributed by atoms with E-state index in [2.05, 4.69) is 56.9 Å². The minimum atomic E-state index is -0.411. The Bertz CT molecular complexity index is 5390. The highest BCUT2D eigenvalue weighted by Crippen LogP contribution is 2.33. The van der Waals surface area contributed by atoms with Crippen molar-refractivity contribution < 1.29 is 117 Å². The molecule has 8 rings (SSSR count). The third kappa shape index (κ3) is 42.6. The second kappa shape index (κ2) is 69.5. The third-order valence-corrected chi connectivity index (χ3v) is 18.4. The molecule has 716 valence electrons. The molecule has 0 aliphatic heterocycles. The summed E-state index contributed by atoms with van der Waals surface area (Å²) in [7, 11) is 18.4. The maximum atomic E-state index is 12.7. The smallest absolute Gasteiger partial charge is 0.186 e. The maximum absolute atomic E-state index is 12.7. The van der Waals surface area contributed by atoms with Crippen LogP contribution in [0.5, 0.6) is 69.0 Å². The van der Waals surface area contributed by atoms with E-state index in [9.17, 15) is 60.0 Å². The minimum Gasteiger partial charge on any atom is -0.508 e. The van der Waals surface area contributed by atoms with Gasteiger partial charge in [-0.3, -0.25) is 19.2 Å². The molecule has 0 aliphatic carbocycles. The molecule has 0 saturated carbocycles. The van der Waals surface area contributed by atoms with Crippen LogP contribution in [0.25, 0.3) is 48.6 Å². The Balaban J connectivity index is 0. The van der Waals surface area contributed by atoms with Crippen molar-refractivity contribution in [1.82, 2.24) is 0 Å². The number of allylic oxidation sites excluding steroid dienone is 14. The molecule has 134 heavy (non-hydrogen) atoms. The molecule has 8 aromatic carbocycles. The van der Waals surface area contributed by atoms with Gasteiger partial charge in [-0.2, -0.15) is 0 Å². The summed E-state index contributed by atoms with van der Waals surface area (Å²) < 4.78 is 62.4. The highest BCUT2D eigenvalue weighted by atomic mass is 79.9. The number of rotatable bonds is 40. The zero-order valence-electron chi connectivity index (χ0n) is 74.5. The molecule has 0 spiro atoms. The summed E-state index contributed by atoms with van der Waals surface area (Å²) in [5.41, 5.74) is 8.75. The normalized spacial score (nSPS) is 11.1. The number of aliphatic hydroxyl groups excluding tert-OH is 8. The van der Waals surface area contributed by atoms with Crippen LogP contribution in [0.15, 0.2) is 266 Å². The minimum absolute atomic E-state index is 0. The van der Waals surface area contributed by atoms with Gasteiger partial charge in [-0.25, -0.2) is 0 Å². The van der Waals surface area contributed by atoms with Crippen LogP contribution in [0.1, 0.15) is 109 Å². The first kappa shape index (κ1) is 122. The van der Waals surface area contributed by atoms with E-state index >= 15 is 0 Å². The molecule has 0 heterocycles. The van der Waals surface area contributed by atoms with Gasteiger partial charge in [0.05, 0.1) is 123 Å². The van der Waals surface area contributed by atoms with E-state index in [4.69, 9.17) is 69.7 Å². The van der Waals surface area contributed by atoms with Crippen LogP contribution >= 0.6 is 31.9 Å². The van der Waals surface area contributed by atoms with Crippen molar-refractivity contribution in [3.63, 3.8) is 0 Å². The first-order chi connectivity index (χ1) is 62.8. The van der Waals surface area contributed by atoms with Crippen molar-refractivity contribution in [2.45, 2.75) is 69.0 Å². The molecule has 8 N–H and O–H groups in total. The van der Waals surface area contributed by atoms with Crippen molar-refractivity contribution in [3.8, 4) is 93.7 Å². The first-order valence-corrected chi connectivity index (χ1v) is 41.5. The van der Waals surface area contributed by atoms with Crippen LogP contribution in [0.4, 0.5) is 0 Å². The molecule has 0 radical (unpaired) electrons. The number of aliphatic hydroxyl groups is 8. The third-order valence-electron chi connectivity index (χ3n) is 17.6. The van der Waals surface area contributed by atoms with Crippen LogP contribution in [-0.2, 0) is 45.6 Å². The van der Waals surface area contributed by atoms with Gasteiger partial charge >= 0.3 is 0 Å². The Hall–Kier alpha value is -14.5. The number of ketones is 4. The number of carbonyl (C=O) groups excluding carboxylic acids is 4. The van der Waals surface area contributed by atoms with Crippen molar-refractivity contribution in [1.29, 1.82) is 0 Å². The van der Waals surface area contributed by atoms with Crippen LogP contribution < -0.4 is 56.8 Å². The quantitative estimate of drug-likeness (QED) is 0.00442. The Morgan fingerprint density at radius 2 is 0.530 bits per heavy atom. The number of carbonyl (C=O) groups is 4. The zero-order chi connectivity index (χ0) is 96.3. The Labute approximate surface area is 806 Å². The second-order valence-corrected chi connectivity index (χ2v) is 27.3. The van der Waals surface area contributed by atoms with Crippen molar-refractivity contribution in [2.24, 2.45) is 0 Å². The average Bonchev–Trinajstić information content (AvgIpc) is 0.744. The standard InChI is InChI=1S/C26H28O6.C26H26O6.2C23H24O6.C3H5Br.C3H3Br.4CH4/c2*1-5-6-21(22(28)11-7-18-9-13-24(30-2)20(15-18)17-27)23(29)12-8-19-10-14-25(31-3)26(16-19)32-4;2*1-27-21-10-6-16(12-18(21)15-24)4-8-19(25)14-20(26)9-5-17-7-11-22(28-2)23(13-17)29-3;2*1-2-3-4;;;;/h5,7-16,27-28H,1,6,17H2,2-4H3;1,7-16,27-28H,6,17H2,2-4H3;2*4-14,24-25H,15H2,1-3H3;2H,1,3H2;1H,3H2;4*1H4/b2*11-7+,12-8+,22-21-;2*8-4+,9-5+,19-14-;;;;;;. The fourth-order valence-electron chi connectivity index (χ4n) is 11.1. The zero-order valence-corrected chi connectivity index (χ0v) is 77.7. The summed E-state index contributed by atoms with van der Waals surface area (Å²) in [6.45, 7) is 6.42. The number of ether oxygens (including phenoxy) is 12. The van der Waals surface area contributed by atoms with Crippen LogP contribution in [-0.4, -0.2) is 160 Å². The summed E-state index contributed by atoms with van der Waals surface area (Å²) >= 11 is 6.14. The molecule has 26 heteroatoms. The molecule has 8 aromatic rings. The number of alkyl halides is 2. The molecule has 0 amide bonds. The number of hydrogen-bond donors (Lipinski definition) is 8. The lowest BCUT2D eigenvalue weighted by atomic mass is 10.0. The predicted octanol–water partition coefficient (Wildman–Crippen LogP) is 22.2. The highest BCUT2D eigenvalue weighted by Gasteiger charge is 2.16. The second-order valence-electron chi connectivity index (χ2n) is 26.1. The average molecular weight is 1970 g/mol. The highest BCUT2D eigenvalue weighted by molar-refractivity contribution is 9.09. The van der Waals surface area contributed by atoms with Crippen LogP contribution in [0.3, 0.4) is 0 Å². The van der Waals surface area contributed by atoms with E-state index in [1.807, 2.05) is 0 Å². The van der Waals surface area contributed by atoms with E-state index in [1.165, 1.54) is 105 Å². The van der Waals surface area contributed by atoms with Gasteiger partial charge in [0.2, 0.25) is 0 Å². The largest absolute Gasteiger partial charge is 0.508 e. The lowest BCUT2D eigenvalue weighted by Gasteiger charge is -2.08. The number of benzene rings is 8. The molecule has 0 bridgehead atoms. The predicted molar refractivity (Wildman–Crippen MR) is 549 cm³/mol. The molecule has 0 aromatic heterocycles. The molecule has 0 fully saturated rings. The summed E-state index contributed by atoms with van der Waals surface area (Å²) in [5.74, 6) is 9.38. The van der Waals surface area contributed by atoms with Gasteiger partial charge in [0.1, 0.15) is 46.0 Å². The van der Waals surface area contributed by atoms with Crippen molar-refractivity contribution in [2.75, 3.05) is 96.0 Å². The molecule has 0 unspecified atom stereocenters. The topological polar surface area (TPSA) is 341 Å². The molecular formula is C108H126Br2O24. The number of hydrogen-bond acceptors (Lipinski definition) is 24. The van der Waals surface area contributed by atoms with Gasteiger partial charge in [0.15, 0.2) is 69.1 Å². The Kier molecular flexibility index (Phi) is 63.0. The molecule has 0 saturated heterocycles. The Morgan fingerprint density at radius 1 is 0.313 bits per heavy atom. The van der Waals surface area contributed by atoms with Gasteiger partial charge < -0.3 is 97.7 Å². The van der Waals surface area contributed by atoms with E-state index < -0.39 is 5.78 Å². The van der Waals surface area contributed by atoms with Gasteiger partial charge in [-0.15, -0.1) is 31.9 Å². The first-order valence-electron chi connectivity index (χ1n) is 39.2. The van der Waals surface area contributed by atoms with E-state index in [1.54, 1.807) is 235 Å². The van der Waals surface area contributed by atoms with Gasteiger partial charge in [-0.1, -0.05) is 177 Å². The lowest BCUT2D eigenvalue weighted by molar-refractivity contribution is -0.112. The molecule has 0 aliphatic rings. The van der Waals surface area contributed by atoms with Crippen molar-refractivity contribution in [3.05, 3.63) is 333 Å². The summed E-state index contributed by atoms with van der Waals surface area (Å²) in [6.07, 6.45) is 40.0. The van der Waals surface area contributed by atoms with E-state index in [0.717, 1.165) is 62.0 Å². The van der Waals surface area contributed by atoms with Gasteiger partial charge in [0.25, 0.3) is 0 Å². The SMILES string of the molecule is C.C.C.C.C#CC/C(C(=O)/C=C/c1ccc(OC)c(OC)c1)=C(O)\C=C\c1ccc(OC)c(CO)c1.C#CCBr.C=CC/C(C(=O)/C=C/c1ccc(OC)c(OC)c1)=C(O)\C=C\c1ccc(OC)c(CO)c1.C=CCBr.COc1ccc(/C=C/C(O)=C/C(=O)/C=C/c2ccc(OC)c(OC)c2)cc1CO.COc1ccc(/C=C/C(O)=C/C(=O)/C=C/c2ccc(OC)c(OC)c2)cc1CO. The van der Waals surface area contributed by atoms with E-state index in [0.29, 0.717) is 96.6 Å². The summed E-state index contributed by atoms with van der Waals surface area (Å²) in [4.78, 5) is 49.5. The fraction of sp³-hybridized carbons (Fsp3) is 0.222. The number of methoxy groups -OCH3 is 12. The number of terminal acetylenes is 2. The monoisotopic (exact) mass is 1960 g/mol. The van der Waals surface area contributed by atoms with Crippen LogP contribution in [0.2, 0.25) is 0 Å². The van der Waals surface area contributed by atoms with Gasteiger partial charge in [-0.05, 0) is 197 Å². The number of halogens is 2. The molecule has 24 nitrogen and oxygen atoms in total. The summed E-state index contributed by atoms with van der Waals surface area (Å²) in [6, 6.07) is 42.0. The molecular weight excluding hydrogens is 1840 g/mol. The fourth-order valence-corrected chi connectivity index (χ4v) is 11.1. The Morgan fingerprint density at radius 3 is 0.754 bits per heavy atom. The summed E-state index contributed by atoms with van der Waals surface area (Å²) in [5, 5.41) is 80.1. The van der Waals surface area contributed by atoms with Gasteiger partial charge in [0, 0.05) is 51.7 Å². The van der Waals surface area contributed by atoms with Crippen molar-refractivity contribution >= 4 is 104 Å². The maximum Gasteiger partial charge on any atom is 0.186 e. The lowest BCUT2D eigenvalue weighted by Crippen LogP contribution is -2.02.